The van der Waals surface area contributed by atoms with E-state index in [4.69, 9.17) is 27.8 Å². The third kappa shape index (κ3) is 32.7. The monoisotopic (exact) mass is 1670 g/mol. The summed E-state index contributed by atoms with van der Waals surface area (Å²) in [5.41, 5.74) is 13.8. The van der Waals surface area contributed by atoms with E-state index in [9.17, 15) is 8.42 Å². The van der Waals surface area contributed by atoms with E-state index in [0.29, 0.717) is 0 Å². The van der Waals surface area contributed by atoms with Gasteiger partial charge in [-0.05, 0) is 137 Å². The van der Waals surface area contributed by atoms with Crippen LogP contribution in [0.4, 0.5) is 0 Å². The molecule has 0 aromatic carbocycles. The number of nitrogens with zero attached hydrogens (tertiary/aromatic N) is 12. The summed E-state index contributed by atoms with van der Waals surface area (Å²) in [6.45, 7) is 35.8. The number of halogens is 2. The fraction of sp³-hybridized carbons (Fsp3) is 0.384. The average Bonchev–Trinajstić information content (AvgIpc) is 1.60. The number of hydrogen-bond acceptors (Lipinski definition) is 24. The maximum Gasteiger partial charge on any atom is 0.399 e. The molecule has 0 saturated heterocycles. The highest BCUT2D eigenvalue weighted by Gasteiger charge is 2.36. The summed E-state index contributed by atoms with van der Waals surface area (Å²) >= 11 is 10.5. The lowest BCUT2D eigenvalue weighted by Crippen LogP contribution is -2.55. The Bertz CT molecular complexity index is 4250. The van der Waals surface area contributed by atoms with Crippen LogP contribution in [0.5, 0.6) is 0 Å². The number of pyridine rings is 5. The molecule has 1 aliphatic rings. The second-order valence-electron chi connectivity index (χ2n) is 26.7. The molecule has 31 heteroatoms. The summed E-state index contributed by atoms with van der Waals surface area (Å²) in [5.74, 6) is 5.17. The van der Waals surface area contributed by atoms with Crippen LogP contribution in [0.3, 0.4) is 0 Å². The normalized spacial score (nSPS) is 12.1. The minimum Gasteiger partial charge on any atom is -0.411 e. The molecule has 104 heavy (non-hydrogen) atoms. The lowest BCUT2D eigenvalue weighted by Gasteiger charge is -2.22. The number of unbranched alkanes of at least 4 members (excludes halogenated alkanes) is 2. The van der Waals surface area contributed by atoms with Gasteiger partial charge in [0.05, 0.1) is 47.2 Å². The Balaban J connectivity index is 0.000000315. The molecule has 562 valence electrons. The van der Waals surface area contributed by atoms with E-state index in [1.54, 1.807) is 92.3 Å². The first-order chi connectivity index (χ1) is 48.9. The first kappa shape index (κ1) is 91.1. The highest BCUT2D eigenvalue weighted by molar-refractivity contribution is 9.11. The molecule has 11 heterocycles. The van der Waals surface area contributed by atoms with E-state index in [0.717, 1.165) is 126 Å². The van der Waals surface area contributed by atoms with Gasteiger partial charge in [0.2, 0.25) is 0 Å². The largest absolute Gasteiger partial charge is 0.411 e. The van der Waals surface area contributed by atoms with Crippen molar-refractivity contribution in [1.29, 1.82) is 0 Å². The van der Waals surface area contributed by atoms with Gasteiger partial charge in [-0.15, -0.1) is 35.0 Å². The number of hydrogen-bond donors (Lipinski definition) is 1. The highest BCUT2D eigenvalue weighted by Crippen LogP contribution is 2.33. The minimum atomic E-state index is -3.66. The fourth-order valence-corrected chi connectivity index (χ4v) is 20.5. The minimum absolute atomic E-state index is 0. The van der Waals surface area contributed by atoms with Gasteiger partial charge in [-0.25, -0.2) is 0 Å². The molecule has 0 saturated carbocycles. The lowest BCUT2D eigenvalue weighted by atomic mass is 10.1. The molecule has 0 spiro atoms. The predicted octanol–water partition coefficient (Wildman–Crippen LogP) is 18.2. The molecule has 0 radical (unpaired) electrons. The van der Waals surface area contributed by atoms with Crippen molar-refractivity contribution in [1.82, 2.24) is 55.6 Å². The molecular formula is C73H102Br2N12O10S3Si4. The summed E-state index contributed by atoms with van der Waals surface area (Å²) in [6, 6.07) is 19.1. The molecule has 1 aliphatic heterocycles. The van der Waals surface area contributed by atoms with Crippen LogP contribution in [0.15, 0.2) is 194 Å². The Morgan fingerprint density at radius 3 is 1.40 bits per heavy atom. The standard InChI is InChI=1S/C14H22N2OSi2.C13H20N2OS.C12H14N2OS.C11H13BrN2OSi.C8H5BrN2O.C6H6N2O.C6H12Si.C2H6O4S.CH4/c1-18(2,3)13-12(11-8-7-9-15-10-11)16-17-14(13)19(4,5)6;1-3-4-8-17-12-10-16-14-13(12)11-6-5-7-15(2)9-11;1-2-3-7-16-11-9-15-14-12(11)10-5-4-6-13-8-10;1-16(2,3)11-9(12)10(14-15-11)8-5-4-6-13-7-8;9-7-5-12-11-8(7)6-2-1-3-10-4-6;9-8-5-6-2-1-3-7-4-6;1-5-6-7(2,3)4;1-5-7(3,4)6-2;/h7-10H,1-6H3;6,10H,3-5,7-9H2,1-2H3;4-6,8-9H,2-3,7H2,1H3;4-7H,1-3H3;1-5H;1-5,9H;1-4H3;1-2H3;1H4/b;;;;;8-5+;;;. The van der Waals surface area contributed by atoms with Gasteiger partial charge < -0.3 is 32.7 Å². The smallest absolute Gasteiger partial charge is 0.399 e. The second-order valence-corrected chi connectivity index (χ2v) is 51.8. The Labute approximate surface area is 644 Å². The average molecular weight is 1680 g/mol. The van der Waals surface area contributed by atoms with Crippen molar-refractivity contribution in [2.75, 3.05) is 45.9 Å². The van der Waals surface area contributed by atoms with Gasteiger partial charge in [-0.1, -0.05) is 156 Å². The number of thioether (sulfide) groups is 2. The van der Waals surface area contributed by atoms with E-state index in [1.807, 2.05) is 73.5 Å². The van der Waals surface area contributed by atoms with Crippen molar-refractivity contribution in [2.45, 2.75) is 149 Å². The molecule has 11 rings (SSSR count). The number of likely N-dealkylation sites (N-methyl/N-ethyl adjacent to an activating group) is 1. The SMILES string of the molecule is Brc1conc1-c1cccnc1.C.CC#C[Si](C)(C)C.CCCCSc1conc1-c1cccnc1.CCCCSc1conc1C1=CCCN(C)C1.COS(=O)(=O)OC.C[Si](C)(C)c1onc(-c2cccnc2)c1Br.C[Si](C)(C)c1onc(-c2cccnc2)c1[Si](C)(C)C.O/N=C/c1cccnc1. The Morgan fingerprint density at radius 2 is 1.03 bits per heavy atom. The molecule has 22 nitrogen and oxygen atoms in total. The van der Waals surface area contributed by atoms with Crippen molar-refractivity contribution in [2.24, 2.45) is 5.16 Å². The van der Waals surface area contributed by atoms with Gasteiger partial charge in [0.25, 0.3) is 0 Å². The summed E-state index contributed by atoms with van der Waals surface area (Å²) in [7, 11) is -4.99. The molecular weight excluding hydrogens is 1570 g/mol. The van der Waals surface area contributed by atoms with Crippen LogP contribution in [0.2, 0.25) is 78.6 Å². The predicted molar refractivity (Wildman–Crippen MR) is 441 cm³/mol. The van der Waals surface area contributed by atoms with E-state index >= 15 is 0 Å². The Kier molecular flexibility index (Phi) is 41.0. The van der Waals surface area contributed by atoms with Crippen molar-refractivity contribution < 1.29 is 44.6 Å². The van der Waals surface area contributed by atoms with Crippen LogP contribution >= 0.6 is 55.4 Å². The Hall–Kier alpha value is -7.07. The molecule has 0 bridgehead atoms. The van der Waals surface area contributed by atoms with Crippen LogP contribution < -0.4 is 16.0 Å². The zero-order valence-electron chi connectivity index (χ0n) is 62.3. The first-order valence-corrected chi connectivity index (χ1v) is 52.1. The number of aromatic nitrogens is 10. The summed E-state index contributed by atoms with van der Waals surface area (Å²) in [4.78, 5) is 24.8. The van der Waals surface area contributed by atoms with Gasteiger partial charge in [0, 0.05) is 108 Å². The van der Waals surface area contributed by atoms with Crippen molar-refractivity contribution in [3.8, 4) is 56.5 Å². The van der Waals surface area contributed by atoms with Crippen LogP contribution in [0.25, 0.3) is 50.6 Å². The third-order valence-corrected chi connectivity index (χ3v) is 25.0. The van der Waals surface area contributed by atoms with Gasteiger partial charge >= 0.3 is 10.4 Å². The fourth-order valence-electron chi connectivity index (χ4n) is 8.80. The molecule has 10 aromatic rings. The summed E-state index contributed by atoms with van der Waals surface area (Å²) < 4.78 is 55.5. The molecule has 0 unspecified atom stereocenters. The zero-order chi connectivity index (χ0) is 76.1. The molecule has 0 aliphatic carbocycles. The van der Waals surface area contributed by atoms with Gasteiger partial charge in [-0.2, -0.15) is 8.42 Å². The maximum absolute atomic E-state index is 9.92. The second kappa shape index (κ2) is 46.8. The Morgan fingerprint density at radius 1 is 0.596 bits per heavy atom. The van der Waals surface area contributed by atoms with Gasteiger partial charge in [0.15, 0.2) is 0 Å². The van der Waals surface area contributed by atoms with E-state index in [-0.39, 0.29) is 7.43 Å². The van der Waals surface area contributed by atoms with Crippen molar-refractivity contribution >= 4 is 126 Å². The van der Waals surface area contributed by atoms with E-state index < -0.39 is 42.7 Å². The van der Waals surface area contributed by atoms with Crippen LogP contribution in [-0.4, -0.2) is 154 Å². The molecule has 10 aromatic heterocycles. The third-order valence-electron chi connectivity index (χ3n) is 13.7. The molecule has 0 atom stereocenters. The quantitative estimate of drug-likeness (QED) is 0.0150. The molecule has 1 N–H and O–H groups in total. The molecule has 0 fully saturated rings. The van der Waals surface area contributed by atoms with Crippen molar-refractivity contribution in [3.05, 3.63) is 168 Å². The van der Waals surface area contributed by atoms with E-state index in [1.165, 1.54) is 47.6 Å². The zero-order valence-corrected chi connectivity index (χ0v) is 71.9. The number of oxime groups is 1. The van der Waals surface area contributed by atoms with Crippen LogP contribution in [0.1, 0.15) is 71.6 Å². The maximum atomic E-state index is 9.92. The first-order valence-electron chi connectivity index (χ1n) is 33.2. The van der Waals surface area contributed by atoms with Crippen molar-refractivity contribution in [3.63, 3.8) is 0 Å². The summed E-state index contributed by atoms with van der Waals surface area (Å²) in [5, 5.41) is 34.9. The van der Waals surface area contributed by atoms with Gasteiger partial charge in [-0.3, -0.25) is 33.3 Å². The van der Waals surface area contributed by atoms with Crippen LogP contribution in [0, 0.1) is 11.5 Å². The summed E-state index contributed by atoms with van der Waals surface area (Å²) in [6.07, 6.45) is 32.2. The highest BCUT2D eigenvalue weighted by atomic mass is 79.9. The molecule has 0 amide bonds. The lowest BCUT2D eigenvalue weighted by molar-refractivity contribution is 0.286. The topological polar surface area (TPSA) is 283 Å². The van der Waals surface area contributed by atoms with Crippen LogP contribution in [-0.2, 0) is 18.8 Å². The van der Waals surface area contributed by atoms with E-state index in [2.05, 4.69) is 224 Å². The van der Waals surface area contributed by atoms with Gasteiger partial charge in [0.1, 0.15) is 82.2 Å². The number of rotatable bonds is 19.